The fourth-order valence-corrected chi connectivity index (χ4v) is 2.65. The third kappa shape index (κ3) is 4.96. The van der Waals surface area contributed by atoms with E-state index < -0.39 is 12.6 Å². The van der Waals surface area contributed by atoms with E-state index in [1.807, 2.05) is 19.1 Å². The normalized spacial score (nSPS) is 11.9. The molecule has 7 heteroatoms. The van der Waals surface area contributed by atoms with E-state index in [4.69, 9.17) is 11.6 Å². The van der Waals surface area contributed by atoms with Crippen molar-refractivity contribution in [2.75, 3.05) is 11.9 Å². The van der Waals surface area contributed by atoms with E-state index in [0.717, 1.165) is 22.9 Å². The van der Waals surface area contributed by atoms with Gasteiger partial charge in [0.2, 0.25) is 5.28 Å². The Hall–Kier alpha value is -1.56. The van der Waals surface area contributed by atoms with E-state index in [-0.39, 0.29) is 11.7 Å². The quantitative estimate of drug-likeness (QED) is 0.570. The van der Waals surface area contributed by atoms with Crippen molar-refractivity contribution in [3.05, 3.63) is 28.5 Å². The molecule has 0 unspecified atom stereocenters. The molecule has 0 atom stereocenters. The highest BCUT2D eigenvalue weighted by molar-refractivity contribution is 6.28. The van der Waals surface area contributed by atoms with Gasteiger partial charge in [-0.2, -0.15) is 13.2 Å². The smallest absolute Gasteiger partial charge is 0.369 e. The summed E-state index contributed by atoms with van der Waals surface area (Å²) in [6.45, 7) is 4.49. The Morgan fingerprint density at radius 2 is 1.91 bits per heavy atom. The van der Waals surface area contributed by atoms with Crippen LogP contribution in [-0.2, 0) is 6.42 Å². The zero-order chi connectivity index (χ0) is 17.0. The lowest BCUT2D eigenvalue weighted by molar-refractivity contribution is -0.135. The van der Waals surface area contributed by atoms with Crippen molar-refractivity contribution in [2.45, 2.75) is 45.7 Å². The molecule has 0 aliphatic rings. The first kappa shape index (κ1) is 17.8. The maximum atomic E-state index is 12.1. The molecular weight excluding hydrogens is 327 g/mol. The fraction of sp³-hybridized carbons (Fsp3) is 0.500. The number of hydrogen-bond donors (Lipinski definition) is 1. The van der Waals surface area contributed by atoms with E-state index in [2.05, 4.69) is 22.2 Å². The van der Waals surface area contributed by atoms with Gasteiger partial charge in [-0.05, 0) is 61.0 Å². The minimum atomic E-state index is -4.10. The molecule has 3 nitrogen and oxygen atoms in total. The molecule has 1 heterocycles. The first-order chi connectivity index (χ1) is 10.8. The molecule has 0 spiro atoms. The van der Waals surface area contributed by atoms with Crippen LogP contribution in [0, 0.1) is 6.92 Å². The van der Waals surface area contributed by atoms with Crippen LogP contribution in [0.1, 0.15) is 37.3 Å². The lowest BCUT2D eigenvalue weighted by Gasteiger charge is -2.12. The first-order valence-electron chi connectivity index (χ1n) is 7.57. The van der Waals surface area contributed by atoms with Crippen LogP contribution >= 0.6 is 11.6 Å². The number of alkyl halides is 3. The Morgan fingerprint density at radius 1 is 1.17 bits per heavy atom. The number of halogens is 4. The van der Waals surface area contributed by atoms with Gasteiger partial charge in [-0.25, -0.2) is 9.97 Å². The Labute approximate surface area is 138 Å². The van der Waals surface area contributed by atoms with Gasteiger partial charge >= 0.3 is 6.18 Å². The predicted octanol–water partition coefficient (Wildman–Crippen LogP) is 5.30. The molecule has 0 aliphatic heterocycles. The Morgan fingerprint density at radius 3 is 2.57 bits per heavy atom. The van der Waals surface area contributed by atoms with Crippen molar-refractivity contribution >= 4 is 28.3 Å². The summed E-state index contributed by atoms with van der Waals surface area (Å²) >= 11 is 5.95. The summed E-state index contributed by atoms with van der Waals surface area (Å²) in [5, 5.41) is 4.04. The fourth-order valence-electron chi connectivity index (χ4n) is 2.47. The van der Waals surface area contributed by atoms with Gasteiger partial charge in [-0.3, -0.25) is 0 Å². The lowest BCUT2D eigenvalue weighted by atomic mass is 10.0. The molecule has 0 amide bonds. The number of anilines is 1. The molecular formula is C16H19ClF3N3. The van der Waals surface area contributed by atoms with Crippen molar-refractivity contribution in [1.82, 2.24) is 9.97 Å². The second-order valence-electron chi connectivity index (χ2n) is 5.49. The number of aryl methyl sites for hydroxylation is 2. The van der Waals surface area contributed by atoms with E-state index in [0.29, 0.717) is 18.8 Å². The first-order valence-corrected chi connectivity index (χ1v) is 7.95. The maximum absolute atomic E-state index is 12.1. The molecule has 1 aromatic heterocycles. The highest BCUT2D eigenvalue weighted by Gasteiger charge is 2.25. The molecule has 1 N–H and O–H groups in total. The highest BCUT2D eigenvalue weighted by atomic mass is 35.5. The van der Waals surface area contributed by atoms with Crippen LogP contribution in [0.4, 0.5) is 19.0 Å². The van der Waals surface area contributed by atoms with Gasteiger partial charge in [0.15, 0.2) is 0 Å². The maximum Gasteiger partial charge on any atom is 0.389 e. The highest BCUT2D eigenvalue weighted by Crippen LogP contribution is 2.26. The molecule has 1 aromatic carbocycles. The lowest BCUT2D eigenvalue weighted by Crippen LogP contribution is -2.09. The molecule has 0 bridgehead atoms. The largest absolute Gasteiger partial charge is 0.389 e. The minimum Gasteiger partial charge on any atom is -0.369 e. The number of rotatable bonds is 6. The van der Waals surface area contributed by atoms with E-state index >= 15 is 0 Å². The predicted molar refractivity (Wildman–Crippen MR) is 87.1 cm³/mol. The summed E-state index contributed by atoms with van der Waals surface area (Å²) in [5.74, 6) is 0.567. The molecule has 0 radical (unpaired) electrons. The van der Waals surface area contributed by atoms with Gasteiger partial charge < -0.3 is 5.32 Å². The third-order valence-electron chi connectivity index (χ3n) is 3.69. The number of nitrogens with one attached hydrogen (secondary N) is 1. The minimum absolute atomic E-state index is 0.0895. The number of benzene rings is 1. The summed E-state index contributed by atoms with van der Waals surface area (Å²) in [7, 11) is 0. The molecule has 2 aromatic rings. The van der Waals surface area contributed by atoms with E-state index in [1.54, 1.807) is 0 Å². The second-order valence-corrected chi connectivity index (χ2v) is 5.83. The topological polar surface area (TPSA) is 37.8 Å². The third-order valence-corrected chi connectivity index (χ3v) is 3.86. The van der Waals surface area contributed by atoms with Gasteiger partial charge in [0, 0.05) is 18.4 Å². The number of hydrogen-bond acceptors (Lipinski definition) is 3. The van der Waals surface area contributed by atoms with Crippen LogP contribution in [0.3, 0.4) is 0 Å². The van der Waals surface area contributed by atoms with Crippen LogP contribution in [0.15, 0.2) is 12.1 Å². The molecule has 2 rings (SSSR count). The average Bonchev–Trinajstić information content (AvgIpc) is 2.45. The Kier molecular flexibility index (Phi) is 5.68. The van der Waals surface area contributed by atoms with Gasteiger partial charge in [-0.15, -0.1) is 0 Å². The van der Waals surface area contributed by atoms with Gasteiger partial charge in [0.05, 0.1) is 5.52 Å². The van der Waals surface area contributed by atoms with Crippen molar-refractivity contribution in [2.24, 2.45) is 0 Å². The van der Waals surface area contributed by atoms with Crippen molar-refractivity contribution in [3.63, 3.8) is 0 Å². The summed E-state index contributed by atoms with van der Waals surface area (Å²) in [6, 6.07) is 3.97. The van der Waals surface area contributed by atoms with Crippen molar-refractivity contribution in [3.8, 4) is 0 Å². The van der Waals surface area contributed by atoms with Gasteiger partial charge in [0.25, 0.3) is 0 Å². The van der Waals surface area contributed by atoms with Crippen LogP contribution in [0.2, 0.25) is 5.28 Å². The summed E-state index contributed by atoms with van der Waals surface area (Å²) in [6.07, 6.45) is -3.47. The van der Waals surface area contributed by atoms with Crippen molar-refractivity contribution in [1.29, 1.82) is 0 Å². The number of aromatic nitrogens is 2. The van der Waals surface area contributed by atoms with Gasteiger partial charge in [0.1, 0.15) is 5.82 Å². The summed E-state index contributed by atoms with van der Waals surface area (Å²) in [4.78, 5) is 8.39. The number of nitrogens with zero attached hydrogens (tertiary/aromatic N) is 2. The summed E-state index contributed by atoms with van der Waals surface area (Å²) in [5.41, 5.74) is 3.06. The Balaban J connectivity index is 2.12. The zero-order valence-electron chi connectivity index (χ0n) is 13.1. The summed E-state index contributed by atoms with van der Waals surface area (Å²) < 4.78 is 36.4. The van der Waals surface area contributed by atoms with Crippen LogP contribution in [0.25, 0.3) is 10.9 Å². The van der Waals surface area contributed by atoms with Crippen LogP contribution in [0.5, 0.6) is 0 Å². The molecule has 0 fully saturated rings. The molecule has 0 saturated heterocycles. The van der Waals surface area contributed by atoms with E-state index in [1.165, 1.54) is 5.56 Å². The van der Waals surface area contributed by atoms with Gasteiger partial charge in [-0.1, -0.05) is 6.92 Å². The number of unbranched alkanes of at least 4 members (excludes halogenated alkanes) is 1. The van der Waals surface area contributed by atoms with E-state index in [9.17, 15) is 13.2 Å². The number of fused-ring (bicyclic) bond motifs is 1. The zero-order valence-corrected chi connectivity index (χ0v) is 13.9. The molecule has 0 saturated carbocycles. The standard InChI is InChI=1S/C16H19ClF3N3/c1-3-11-9-13-12(8-10(11)2)14(23-15(17)22-13)21-7-5-4-6-16(18,19)20/h8-9H,3-7H2,1-2H3,(H,21,22,23). The average molecular weight is 346 g/mol. The monoisotopic (exact) mass is 345 g/mol. The van der Waals surface area contributed by atoms with Crippen molar-refractivity contribution < 1.29 is 13.2 Å². The molecule has 126 valence electrons. The molecule has 0 aliphatic carbocycles. The van der Waals surface area contributed by atoms with Crippen LogP contribution < -0.4 is 5.32 Å². The molecule has 23 heavy (non-hydrogen) atoms. The SMILES string of the molecule is CCc1cc2nc(Cl)nc(NCCCCC(F)(F)F)c2cc1C. The van der Waals surface area contributed by atoms with Crippen LogP contribution in [-0.4, -0.2) is 22.7 Å². The second kappa shape index (κ2) is 7.34. The Bertz CT molecular complexity index is 686.